The molecule has 1 aliphatic rings. The van der Waals surface area contributed by atoms with Gasteiger partial charge in [-0.2, -0.15) is 0 Å². The normalized spacial score (nSPS) is 16.5. The molecule has 3 rings (SSSR count). The number of benzene rings is 2. The van der Waals surface area contributed by atoms with Crippen molar-refractivity contribution in [2.45, 2.75) is 13.0 Å². The molecule has 5 nitrogen and oxygen atoms in total. The maximum absolute atomic E-state index is 13.1. The van der Waals surface area contributed by atoms with Crippen LogP contribution in [0.5, 0.6) is 0 Å². The first-order chi connectivity index (χ1) is 12.5. The van der Waals surface area contributed by atoms with Gasteiger partial charge in [-0.15, -0.1) is 0 Å². The Kier molecular flexibility index (Phi) is 5.14. The van der Waals surface area contributed by atoms with Crippen molar-refractivity contribution in [3.8, 4) is 0 Å². The summed E-state index contributed by atoms with van der Waals surface area (Å²) >= 11 is 5.26. The van der Waals surface area contributed by atoms with Crippen LogP contribution in [0.2, 0.25) is 0 Å². The van der Waals surface area contributed by atoms with E-state index >= 15 is 0 Å². The van der Waals surface area contributed by atoms with Gasteiger partial charge in [0.15, 0.2) is 10.9 Å². The van der Waals surface area contributed by atoms with Crippen LogP contribution in [0.4, 0.5) is 0 Å². The van der Waals surface area contributed by atoms with Gasteiger partial charge in [0.05, 0.1) is 18.7 Å². The largest absolute Gasteiger partial charge is 0.465 e. The summed E-state index contributed by atoms with van der Waals surface area (Å²) in [6, 6.07) is 15.6. The number of ketones is 1. The lowest BCUT2D eigenvalue weighted by atomic mass is 9.89. The standard InChI is InChI=1S/C20H18N2O3S/c1-12-16(18(23)14-6-4-3-5-7-14)17(22-20(26)21-12)13-8-10-15(11-9-13)19(24)25-2/h3-11,17H,1-2H3,(H2,21,22,26)/t17-/m0/s1. The second kappa shape index (κ2) is 7.49. The topological polar surface area (TPSA) is 67.4 Å². The van der Waals surface area contributed by atoms with Crippen molar-refractivity contribution in [1.82, 2.24) is 10.6 Å². The first-order valence-electron chi connectivity index (χ1n) is 8.07. The maximum atomic E-state index is 13.1. The zero-order chi connectivity index (χ0) is 18.7. The second-order valence-electron chi connectivity index (χ2n) is 5.88. The fourth-order valence-electron chi connectivity index (χ4n) is 2.92. The van der Waals surface area contributed by atoms with Crippen molar-refractivity contribution >= 4 is 29.1 Å². The summed E-state index contributed by atoms with van der Waals surface area (Å²) in [6.45, 7) is 1.83. The molecule has 26 heavy (non-hydrogen) atoms. The zero-order valence-electron chi connectivity index (χ0n) is 14.4. The number of hydrogen-bond donors (Lipinski definition) is 2. The minimum Gasteiger partial charge on any atom is -0.465 e. The van der Waals surface area contributed by atoms with E-state index in [1.54, 1.807) is 36.4 Å². The van der Waals surface area contributed by atoms with E-state index < -0.39 is 12.0 Å². The van der Waals surface area contributed by atoms with E-state index in [2.05, 4.69) is 10.6 Å². The smallest absolute Gasteiger partial charge is 0.337 e. The highest BCUT2D eigenvalue weighted by molar-refractivity contribution is 7.80. The molecule has 0 unspecified atom stereocenters. The fourth-order valence-corrected chi connectivity index (χ4v) is 3.19. The lowest BCUT2D eigenvalue weighted by Gasteiger charge is -2.30. The number of methoxy groups -OCH3 is 1. The van der Waals surface area contributed by atoms with Crippen molar-refractivity contribution in [3.63, 3.8) is 0 Å². The Morgan fingerprint density at radius 3 is 2.27 bits per heavy atom. The van der Waals surface area contributed by atoms with E-state index in [9.17, 15) is 9.59 Å². The van der Waals surface area contributed by atoms with Crippen molar-refractivity contribution < 1.29 is 14.3 Å². The van der Waals surface area contributed by atoms with E-state index in [1.165, 1.54) is 7.11 Å². The Labute approximate surface area is 157 Å². The van der Waals surface area contributed by atoms with Gasteiger partial charge in [-0.25, -0.2) is 4.79 Å². The fraction of sp³-hybridized carbons (Fsp3) is 0.150. The number of carbonyl (C=O) groups is 2. The molecule has 6 heteroatoms. The predicted octanol–water partition coefficient (Wildman–Crippen LogP) is 3.15. The van der Waals surface area contributed by atoms with Crippen LogP contribution in [0, 0.1) is 0 Å². The highest BCUT2D eigenvalue weighted by Gasteiger charge is 2.30. The number of carbonyl (C=O) groups excluding carboxylic acids is 2. The summed E-state index contributed by atoms with van der Waals surface area (Å²) < 4.78 is 4.72. The number of allylic oxidation sites excluding steroid dienone is 1. The van der Waals surface area contributed by atoms with E-state index in [-0.39, 0.29) is 5.78 Å². The summed E-state index contributed by atoms with van der Waals surface area (Å²) in [7, 11) is 1.34. The van der Waals surface area contributed by atoms with Gasteiger partial charge in [-0.3, -0.25) is 4.79 Å². The first kappa shape index (κ1) is 17.8. The number of hydrogen-bond acceptors (Lipinski definition) is 4. The molecule has 0 saturated carbocycles. The average molecular weight is 366 g/mol. The van der Waals surface area contributed by atoms with Gasteiger partial charge < -0.3 is 15.4 Å². The van der Waals surface area contributed by atoms with Crippen LogP contribution in [0.3, 0.4) is 0 Å². The Morgan fingerprint density at radius 1 is 1.00 bits per heavy atom. The van der Waals surface area contributed by atoms with Crippen molar-refractivity contribution in [1.29, 1.82) is 0 Å². The molecule has 0 spiro atoms. The molecule has 1 aliphatic heterocycles. The van der Waals surface area contributed by atoms with Crippen LogP contribution < -0.4 is 10.6 Å². The molecular weight excluding hydrogens is 348 g/mol. The molecule has 0 saturated heterocycles. The number of ether oxygens (including phenoxy) is 1. The van der Waals surface area contributed by atoms with Crippen LogP contribution in [-0.4, -0.2) is 24.0 Å². The maximum Gasteiger partial charge on any atom is 0.337 e. The van der Waals surface area contributed by atoms with Crippen molar-refractivity contribution in [2.24, 2.45) is 0 Å². The summed E-state index contributed by atoms with van der Waals surface area (Å²) in [5.74, 6) is -0.481. The van der Waals surface area contributed by atoms with Gasteiger partial charge in [-0.05, 0) is 36.8 Å². The molecule has 1 atom stereocenters. The molecule has 2 aromatic carbocycles. The van der Waals surface area contributed by atoms with Crippen LogP contribution in [-0.2, 0) is 4.74 Å². The average Bonchev–Trinajstić information content (AvgIpc) is 2.67. The summed E-state index contributed by atoms with van der Waals surface area (Å²) in [5.41, 5.74) is 3.19. The number of Topliss-reactive ketones (excluding diaryl/α,β-unsaturated/α-hetero) is 1. The molecule has 0 aliphatic carbocycles. The third kappa shape index (κ3) is 3.50. The SMILES string of the molecule is COC(=O)c1ccc([C@@H]2NC(=S)NC(C)=C2C(=O)c2ccccc2)cc1. The van der Waals surface area contributed by atoms with Crippen LogP contribution in [0.25, 0.3) is 0 Å². The van der Waals surface area contributed by atoms with Gasteiger partial charge in [0.25, 0.3) is 0 Å². The Morgan fingerprint density at radius 2 is 1.65 bits per heavy atom. The molecule has 0 bridgehead atoms. The Bertz CT molecular complexity index is 889. The minimum atomic E-state index is -0.405. The predicted molar refractivity (Wildman–Crippen MR) is 103 cm³/mol. The highest BCUT2D eigenvalue weighted by atomic mass is 32.1. The number of thiocarbonyl (C=S) groups is 1. The summed E-state index contributed by atoms with van der Waals surface area (Å²) in [5, 5.41) is 6.63. The molecule has 1 heterocycles. The monoisotopic (exact) mass is 366 g/mol. The van der Waals surface area contributed by atoms with Gasteiger partial charge >= 0.3 is 5.97 Å². The Balaban J connectivity index is 2.00. The minimum absolute atomic E-state index is 0.0763. The van der Waals surface area contributed by atoms with Crippen LogP contribution in [0.1, 0.15) is 39.2 Å². The Hall–Kier alpha value is -2.99. The number of nitrogens with one attached hydrogen (secondary N) is 2. The van der Waals surface area contributed by atoms with E-state index in [1.807, 2.05) is 25.1 Å². The lowest BCUT2D eigenvalue weighted by molar-refractivity contribution is 0.0600. The van der Waals surface area contributed by atoms with Gasteiger partial charge in [0.2, 0.25) is 0 Å². The lowest BCUT2D eigenvalue weighted by Crippen LogP contribution is -2.44. The van der Waals surface area contributed by atoms with Gasteiger partial charge in [-0.1, -0.05) is 42.5 Å². The van der Waals surface area contributed by atoms with Crippen molar-refractivity contribution in [2.75, 3.05) is 7.11 Å². The third-order valence-electron chi connectivity index (χ3n) is 4.21. The van der Waals surface area contributed by atoms with Gasteiger partial charge in [0.1, 0.15) is 0 Å². The molecule has 2 aromatic rings. The zero-order valence-corrected chi connectivity index (χ0v) is 15.2. The van der Waals surface area contributed by atoms with E-state index in [0.717, 1.165) is 5.56 Å². The molecule has 2 N–H and O–H groups in total. The molecule has 0 fully saturated rings. The van der Waals surface area contributed by atoms with Gasteiger partial charge in [0, 0.05) is 16.8 Å². The molecular formula is C20H18N2O3S. The van der Waals surface area contributed by atoms with Crippen molar-refractivity contribution in [3.05, 3.63) is 82.6 Å². The molecule has 0 aromatic heterocycles. The molecule has 0 amide bonds. The third-order valence-corrected chi connectivity index (χ3v) is 4.43. The molecule has 132 valence electrons. The summed E-state index contributed by atoms with van der Waals surface area (Å²) in [4.78, 5) is 24.7. The van der Waals surface area contributed by atoms with E-state index in [4.69, 9.17) is 17.0 Å². The summed E-state index contributed by atoms with van der Waals surface area (Å²) in [6.07, 6.45) is 0. The number of rotatable bonds is 4. The molecule has 0 radical (unpaired) electrons. The second-order valence-corrected chi connectivity index (χ2v) is 6.29. The van der Waals surface area contributed by atoms with Crippen LogP contribution in [0.15, 0.2) is 65.9 Å². The van der Waals surface area contributed by atoms with E-state index in [0.29, 0.717) is 27.5 Å². The number of esters is 1. The quantitative estimate of drug-likeness (QED) is 0.492. The highest BCUT2D eigenvalue weighted by Crippen LogP contribution is 2.29. The van der Waals surface area contributed by atoms with Crippen LogP contribution >= 0.6 is 12.2 Å². The first-order valence-corrected chi connectivity index (χ1v) is 8.48.